The minimum Gasteiger partial charge on any atom is -0.393 e. The molecule has 6 atom stereocenters. The van der Waals surface area contributed by atoms with Crippen LogP contribution in [0.15, 0.2) is 35.5 Å². The second-order valence-corrected chi connectivity index (χ2v) is 11.3. The number of aliphatic hydroxyl groups excluding tert-OH is 2. The van der Waals surface area contributed by atoms with E-state index in [1.54, 1.807) is 0 Å². The first kappa shape index (κ1) is 26.7. The molecule has 3 saturated carbocycles. The van der Waals surface area contributed by atoms with Gasteiger partial charge in [-0.05, 0) is 99.5 Å². The lowest BCUT2D eigenvalue weighted by atomic mass is 9.62. The van der Waals surface area contributed by atoms with Gasteiger partial charge in [-0.15, -0.1) is 0 Å². The van der Waals surface area contributed by atoms with Crippen molar-refractivity contribution in [2.24, 2.45) is 17.3 Å². The van der Waals surface area contributed by atoms with Gasteiger partial charge in [0.05, 0.1) is 23.9 Å². The Morgan fingerprint density at radius 2 is 1.94 bits per heavy atom. The number of hydrogen-bond donors (Lipinski definition) is 3. The third kappa shape index (κ3) is 6.01. The van der Waals surface area contributed by atoms with Crippen molar-refractivity contribution in [3.63, 3.8) is 0 Å². The molecule has 4 heteroatoms. The van der Waals surface area contributed by atoms with Crippen molar-refractivity contribution in [1.82, 2.24) is 0 Å². The number of aliphatic hydroxyl groups is 3. The van der Waals surface area contributed by atoms with Crippen LogP contribution in [0.1, 0.15) is 98.3 Å². The fourth-order valence-electron chi connectivity index (χ4n) is 6.91. The van der Waals surface area contributed by atoms with E-state index in [9.17, 15) is 15.3 Å². The predicted octanol–water partition coefficient (Wildman–Crippen LogP) is 5.86. The summed E-state index contributed by atoms with van der Waals surface area (Å²) < 4.78 is 6.34. The van der Waals surface area contributed by atoms with Gasteiger partial charge < -0.3 is 20.1 Å². The maximum absolute atomic E-state index is 10.5. The molecule has 0 aromatic rings. The van der Waals surface area contributed by atoms with Gasteiger partial charge in [0, 0.05) is 13.0 Å². The Labute approximate surface area is 201 Å². The summed E-state index contributed by atoms with van der Waals surface area (Å²) in [7, 11) is 0. The topological polar surface area (TPSA) is 69.9 Å². The molecule has 0 unspecified atom stereocenters. The Balaban J connectivity index is 1.62. The number of hydrogen-bond acceptors (Lipinski definition) is 4. The van der Waals surface area contributed by atoms with Crippen LogP contribution in [0.4, 0.5) is 0 Å². The van der Waals surface area contributed by atoms with Crippen molar-refractivity contribution in [2.45, 2.75) is 122 Å². The molecule has 33 heavy (non-hydrogen) atoms. The molecule has 0 aliphatic heterocycles. The molecule has 0 radical (unpaired) electrons. The van der Waals surface area contributed by atoms with Crippen LogP contribution in [0.5, 0.6) is 0 Å². The lowest BCUT2D eigenvalue weighted by molar-refractivity contribution is -0.0365. The van der Waals surface area contributed by atoms with Gasteiger partial charge in [0.15, 0.2) is 0 Å². The highest BCUT2D eigenvalue weighted by molar-refractivity contribution is 5.38. The van der Waals surface area contributed by atoms with Crippen LogP contribution < -0.4 is 0 Å². The highest BCUT2D eigenvalue weighted by Gasteiger charge is 2.51. The standard InChI is InChI=1S/C29H48O4/c1-6-29(32,7-2)16-9-17-33-21(4)25-13-14-26-22(10-8-15-28(25,26)5)11-12-23-18-24(30)19-27(31)20(23)3/h11-12,21,24-27,30-32H,3,6-10,13-19H2,1-2,4-5H3/b22-11+,23-12-/t21-,24-,25-,26+,27+,28-/m0/s1. The van der Waals surface area contributed by atoms with Gasteiger partial charge in [-0.3, -0.25) is 0 Å². The summed E-state index contributed by atoms with van der Waals surface area (Å²) in [6, 6.07) is 0. The minimum absolute atomic E-state index is 0.234. The summed E-state index contributed by atoms with van der Waals surface area (Å²) in [6.07, 6.45) is 13.8. The van der Waals surface area contributed by atoms with Crippen molar-refractivity contribution < 1.29 is 20.1 Å². The van der Waals surface area contributed by atoms with Crippen LogP contribution in [0.25, 0.3) is 0 Å². The summed E-state index contributed by atoms with van der Waals surface area (Å²) in [6.45, 7) is 13.6. The molecule has 0 saturated heterocycles. The summed E-state index contributed by atoms with van der Waals surface area (Å²) >= 11 is 0. The van der Waals surface area contributed by atoms with E-state index in [2.05, 4.69) is 46.4 Å². The third-order valence-electron chi connectivity index (χ3n) is 9.35. The maximum atomic E-state index is 10.5. The van der Waals surface area contributed by atoms with Crippen LogP contribution in [0, 0.1) is 17.3 Å². The van der Waals surface area contributed by atoms with E-state index in [1.165, 1.54) is 31.3 Å². The van der Waals surface area contributed by atoms with Crippen molar-refractivity contribution in [2.75, 3.05) is 6.61 Å². The first-order valence-corrected chi connectivity index (χ1v) is 13.4. The molecule has 4 nitrogen and oxygen atoms in total. The predicted molar refractivity (Wildman–Crippen MR) is 135 cm³/mol. The van der Waals surface area contributed by atoms with Gasteiger partial charge in [0.2, 0.25) is 0 Å². The third-order valence-corrected chi connectivity index (χ3v) is 9.35. The monoisotopic (exact) mass is 460 g/mol. The molecule has 0 amide bonds. The highest BCUT2D eigenvalue weighted by Crippen LogP contribution is 2.58. The van der Waals surface area contributed by atoms with E-state index in [-0.39, 0.29) is 11.5 Å². The van der Waals surface area contributed by atoms with Gasteiger partial charge >= 0.3 is 0 Å². The van der Waals surface area contributed by atoms with E-state index in [0.29, 0.717) is 24.7 Å². The lowest BCUT2D eigenvalue weighted by Crippen LogP contribution is -2.39. The molecule has 3 aliphatic rings. The second-order valence-electron chi connectivity index (χ2n) is 11.3. The zero-order valence-corrected chi connectivity index (χ0v) is 21.5. The Morgan fingerprint density at radius 3 is 2.64 bits per heavy atom. The van der Waals surface area contributed by atoms with E-state index in [4.69, 9.17) is 4.74 Å². The molecular formula is C29H48O4. The molecule has 0 spiro atoms. The Hall–Kier alpha value is -0.940. The van der Waals surface area contributed by atoms with Crippen molar-refractivity contribution in [1.29, 1.82) is 0 Å². The van der Waals surface area contributed by atoms with E-state index in [1.807, 2.05) is 0 Å². The minimum atomic E-state index is -0.630. The molecule has 0 aromatic heterocycles. The maximum Gasteiger partial charge on any atom is 0.0811 e. The average Bonchev–Trinajstić information content (AvgIpc) is 3.15. The van der Waals surface area contributed by atoms with E-state index in [0.717, 1.165) is 49.9 Å². The molecule has 0 aromatic carbocycles. The van der Waals surface area contributed by atoms with Crippen LogP contribution in [-0.4, -0.2) is 45.8 Å². The molecule has 0 bridgehead atoms. The SMILES string of the molecule is C=C1/C(=C\C=C2/CCC[C@]3(C)[C@@H]2CC[C@H]3[C@H](C)OCCCC(O)(CC)CC)C[C@H](O)C[C@H]1O. The zero-order chi connectivity index (χ0) is 24.2. The molecule has 3 aliphatic carbocycles. The van der Waals surface area contributed by atoms with Crippen molar-refractivity contribution in [3.05, 3.63) is 35.5 Å². The Morgan fingerprint density at radius 1 is 1.21 bits per heavy atom. The van der Waals surface area contributed by atoms with Crippen molar-refractivity contribution in [3.8, 4) is 0 Å². The van der Waals surface area contributed by atoms with Crippen LogP contribution in [0.2, 0.25) is 0 Å². The Bertz CT molecular complexity index is 734. The molecular weight excluding hydrogens is 412 g/mol. The van der Waals surface area contributed by atoms with Crippen LogP contribution in [-0.2, 0) is 4.74 Å². The number of rotatable bonds is 9. The van der Waals surface area contributed by atoms with Crippen molar-refractivity contribution >= 4 is 0 Å². The smallest absolute Gasteiger partial charge is 0.0811 e. The van der Waals surface area contributed by atoms with Crippen LogP contribution >= 0.6 is 0 Å². The van der Waals surface area contributed by atoms with Gasteiger partial charge in [0.1, 0.15) is 0 Å². The first-order chi connectivity index (χ1) is 15.6. The molecule has 188 valence electrons. The summed E-state index contributed by atoms with van der Waals surface area (Å²) in [5.74, 6) is 1.14. The lowest BCUT2D eigenvalue weighted by Gasteiger charge is -2.44. The van der Waals surface area contributed by atoms with E-state index >= 15 is 0 Å². The summed E-state index contributed by atoms with van der Waals surface area (Å²) in [5, 5.41) is 30.7. The van der Waals surface area contributed by atoms with Gasteiger partial charge in [-0.25, -0.2) is 0 Å². The quantitative estimate of drug-likeness (QED) is 0.377. The van der Waals surface area contributed by atoms with Gasteiger partial charge in [0.25, 0.3) is 0 Å². The number of allylic oxidation sites excluding steroid dienone is 3. The second kappa shape index (κ2) is 11.2. The van der Waals surface area contributed by atoms with Gasteiger partial charge in [-0.1, -0.05) is 45.1 Å². The van der Waals surface area contributed by atoms with Crippen LogP contribution in [0.3, 0.4) is 0 Å². The zero-order valence-electron chi connectivity index (χ0n) is 21.5. The molecule has 3 N–H and O–H groups in total. The largest absolute Gasteiger partial charge is 0.393 e. The normalized spacial score (nSPS) is 36.4. The summed E-state index contributed by atoms with van der Waals surface area (Å²) in [4.78, 5) is 0. The fourth-order valence-corrected chi connectivity index (χ4v) is 6.91. The first-order valence-electron chi connectivity index (χ1n) is 13.4. The highest BCUT2D eigenvalue weighted by atomic mass is 16.5. The van der Waals surface area contributed by atoms with E-state index < -0.39 is 17.8 Å². The molecule has 0 heterocycles. The summed E-state index contributed by atoms with van der Waals surface area (Å²) in [5.41, 5.74) is 3.00. The molecule has 3 fully saturated rings. The number of fused-ring (bicyclic) bond motifs is 1. The average molecular weight is 461 g/mol. The Kier molecular flexibility index (Phi) is 9.05. The number of ether oxygens (including phenoxy) is 1. The van der Waals surface area contributed by atoms with Gasteiger partial charge in [-0.2, -0.15) is 0 Å². The molecule has 3 rings (SSSR count). The fraction of sp³-hybridized carbons (Fsp3) is 0.793.